The molecule has 4 nitrogen and oxygen atoms in total. The minimum Gasteiger partial charge on any atom is -0.493 e. The minimum atomic E-state index is -3.61. The van der Waals surface area contributed by atoms with Crippen molar-refractivity contribution >= 4 is 25.8 Å². The standard InChI is InChI=1S/C16H15BrO4S/c17-14-8-9-21-15-7-6-12(10-13(15)16(14)18)22(19,20)11-4-2-1-3-5-11/h1-7,10,14,16,18H,8-9H2/t14-,16-/m1/s1. The molecule has 1 aliphatic rings. The average molecular weight is 383 g/mol. The Balaban J connectivity index is 2.09. The highest BCUT2D eigenvalue weighted by molar-refractivity contribution is 9.09. The Kier molecular flexibility index (Phi) is 4.25. The lowest BCUT2D eigenvalue weighted by Crippen LogP contribution is -2.11. The van der Waals surface area contributed by atoms with Crippen LogP contribution in [0.25, 0.3) is 0 Å². The topological polar surface area (TPSA) is 63.6 Å². The van der Waals surface area contributed by atoms with Gasteiger partial charge in [0.25, 0.3) is 0 Å². The number of aliphatic hydroxyl groups excluding tert-OH is 1. The Bertz CT molecular complexity index is 774. The highest BCUT2D eigenvalue weighted by Gasteiger charge is 2.27. The Morgan fingerprint density at radius 3 is 2.55 bits per heavy atom. The Morgan fingerprint density at radius 2 is 1.82 bits per heavy atom. The van der Waals surface area contributed by atoms with Gasteiger partial charge in [-0.05, 0) is 36.8 Å². The number of fused-ring (bicyclic) bond motifs is 1. The average Bonchev–Trinajstić information content (AvgIpc) is 2.68. The predicted molar refractivity (Wildman–Crippen MR) is 86.1 cm³/mol. The molecule has 0 spiro atoms. The van der Waals surface area contributed by atoms with E-state index in [1.807, 2.05) is 0 Å². The van der Waals surface area contributed by atoms with Gasteiger partial charge in [-0.1, -0.05) is 34.1 Å². The fraction of sp³-hybridized carbons (Fsp3) is 0.250. The molecule has 116 valence electrons. The number of hydrogen-bond acceptors (Lipinski definition) is 4. The van der Waals surface area contributed by atoms with Crippen LogP contribution in [0.1, 0.15) is 18.1 Å². The molecule has 22 heavy (non-hydrogen) atoms. The van der Waals surface area contributed by atoms with Gasteiger partial charge in [-0.2, -0.15) is 0 Å². The second-order valence-corrected chi connectivity index (χ2v) is 8.24. The smallest absolute Gasteiger partial charge is 0.206 e. The molecule has 0 amide bonds. The van der Waals surface area contributed by atoms with Crippen molar-refractivity contribution in [2.45, 2.75) is 27.1 Å². The van der Waals surface area contributed by atoms with Gasteiger partial charge >= 0.3 is 0 Å². The number of aliphatic hydroxyl groups is 1. The largest absolute Gasteiger partial charge is 0.493 e. The third-order valence-electron chi connectivity index (χ3n) is 3.66. The van der Waals surface area contributed by atoms with Gasteiger partial charge in [0.2, 0.25) is 9.84 Å². The van der Waals surface area contributed by atoms with E-state index in [1.54, 1.807) is 36.4 Å². The first-order valence-corrected chi connectivity index (χ1v) is 9.29. The van der Waals surface area contributed by atoms with E-state index in [1.165, 1.54) is 12.1 Å². The van der Waals surface area contributed by atoms with E-state index in [4.69, 9.17) is 4.74 Å². The van der Waals surface area contributed by atoms with E-state index in [0.29, 0.717) is 24.3 Å². The maximum Gasteiger partial charge on any atom is 0.206 e. The van der Waals surface area contributed by atoms with E-state index in [9.17, 15) is 13.5 Å². The summed E-state index contributed by atoms with van der Waals surface area (Å²) in [5, 5.41) is 10.3. The third-order valence-corrected chi connectivity index (χ3v) is 6.38. The summed E-state index contributed by atoms with van der Waals surface area (Å²) in [5.41, 5.74) is 0.497. The van der Waals surface area contributed by atoms with Gasteiger partial charge in [0.05, 0.1) is 22.5 Å². The molecule has 2 aromatic rings. The molecule has 0 fully saturated rings. The van der Waals surface area contributed by atoms with Crippen molar-refractivity contribution < 1.29 is 18.3 Å². The normalized spacial score (nSPS) is 21.5. The lowest BCUT2D eigenvalue weighted by atomic mass is 10.1. The molecule has 1 heterocycles. The number of ether oxygens (including phenoxy) is 1. The molecule has 6 heteroatoms. The zero-order valence-corrected chi connectivity index (χ0v) is 14.0. The maximum atomic E-state index is 12.7. The van der Waals surface area contributed by atoms with Crippen LogP contribution in [0, 0.1) is 0 Å². The van der Waals surface area contributed by atoms with Gasteiger partial charge < -0.3 is 9.84 Å². The molecule has 1 aliphatic heterocycles. The molecule has 0 aliphatic carbocycles. The van der Waals surface area contributed by atoms with Gasteiger partial charge in [-0.15, -0.1) is 0 Å². The first-order chi connectivity index (χ1) is 10.5. The summed E-state index contributed by atoms with van der Waals surface area (Å²) in [6.45, 7) is 0.477. The van der Waals surface area contributed by atoms with E-state index in [0.717, 1.165) is 0 Å². The molecule has 0 bridgehead atoms. The lowest BCUT2D eigenvalue weighted by molar-refractivity contribution is 0.176. The molecule has 0 unspecified atom stereocenters. The molecular formula is C16H15BrO4S. The fourth-order valence-electron chi connectivity index (χ4n) is 2.43. The highest BCUT2D eigenvalue weighted by Crippen LogP contribution is 2.37. The number of rotatable bonds is 2. The van der Waals surface area contributed by atoms with Crippen molar-refractivity contribution in [3.8, 4) is 5.75 Å². The first-order valence-electron chi connectivity index (χ1n) is 6.89. The van der Waals surface area contributed by atoms with Gasteiger partial charge in [0.15, 0.2) is 0 Å². The summed E-state index contributed by atoms with van der Waals surface area (Å²) in [4.78, 5) is 0.222. The van der Waals surface area contributed by atoms with Crippen LogP contribution >= 0.6 is 15.9 Å². The van der Waals surface area contributed by atoms with Crippen molar-refractivity contribution in [3.63, 3.8) is 0 Å². The fourth-order valence-corrected chi connectivity index (χ4v) is 4.21. The number of halogens is 1. The molecule has 0 saturated heterocycles. The quantitative estimate of drug-likeness (QED) is 0.810. The zero-order valence-electron chi connectivity index (χ0n) is 11.6. The monoisotopic (exact) mass is 382 g/mol. The second-order valence-electron chi connectivity index (χ2n) is 5.11. The minimum absolute atomic E-state index is 0.154. The number of hydrogen-bond donors (Lipinski definition) is 1. The highest BCUT2D eigenvalue weighted by atomic mass is 79.9. The van der Waals surface area contributed by atoms with Crippen molar-refractivity contribution in [2.75, 3.05) is 6.61 Å². The van der Waals surface area contributed by atoms with Crippen LogP contribution in [0.3, 0.4) is 0 Å². The Labute approximate surface area is 137 Å². The van der Waals surface area contributed by atoms with Crippen LogP contribution < -0.4 is 4.74 Å². The van der Waals surface area contributed by atoms with Crippen molar-refractivity contribution in [1.82, 2.24) is 0 Å². The molecule has 2 aromatic carbocycles. The number of sulfone groups is 1. The van der Waals surface area contributed by atoms with Gasteiger partial charge in [0, 0.05) is 10.4 Å². The van der Waals surface area contributed by atoms with Gasteiger partial charge in [-0.3, -0.25) is 0 Å². The lowest BCUT2D eigenvalue weighted by Gasteiger charge is -2.16. The van der Waals surface area contributed by atoms with E-state index >= 15 is 0 Å². The van der Waals surface area contributed by atoms with Crippen LogP contribution in [0.15, 0.2) is 58.3 Å². The number of benzene rings is 2. The summed E-state index contributed by atoms with van der Waals surface area (Å²) < 4.78 is 30.9. The second kappa shape index (κ2) is 6.02. The number of alkyl halides is 1. The van der Waals surface area contributed by atoms with E-state index in [-0.39, 0.29) is 14.6 Å². The van der Waals surface area contributed by atoms with Crippen LogP contribution in [0.2, 0.25) is 0 Å². The van der Waals surface area contributed by atoms with Crippen LogP contribution in [-0.4, -0.2) is 25.0 Å². The summed E-state index contributed by atoms with van der Waals surface area (Å²) >= 11 is 3.41. The van der Waals surface area contributed by atoms with Crippen molar-refractivity contribution in [1.29, 1.82) is 0 Å². The molecule has 0 radical (unpaired) electrons. The Morgan fingerprint density at radius 1 is 1.09 bits per heavy atom. The van der Waals surface area contributed by atoms with Crippen LogP contribution in [0.5, 0.6) is 5.75 Å². The summed E-state index contributed by atoms with van der Waals surface area (Å²) in [7, 11) is -3.61. The third kappa shape index (κ3) is 2.78. The van der Waals surface area contributed by atoms with E-state index in [2.05, 4.69) is 15.9 Å². The summed E-state index contributed by atoms with van der Waals surface area (Å²) in [6.07, 6.45) is -0.153. The molecule has 3 rings (SSSR count). The van der Waals surface area contributed by atoms with Crippen molar-refractivity contribution in [2.24, 2.45) is 0 Å². The Hall–Kier alpha value is -1.37. The molecule has 2 atom stereocenters. The summed E-state index contributed by atoms with van der Waals surface area (Å²) in [5.74, 6) is 0.529. The van der Waals surface area contributed by atoms with Gasteiger partial charge in [-0.25, -0.2) is 8.42 Å². The van der Waals surface area contributed by atoms with Gasteiger partial charge in [0.1, 0.15) is 5.75 Å². The van der Waals surface area contributed by atoms with Crippen molar-refractivity contribution in [3.05, 3.63) is 54.1 Å². The molecule has 0 saturated carbocycles. The van der Waals surface area contributed by atoms with E-state index < -0.39 is 15.9 Å². The molecule has 0 aromatic heterocycles. The van der Waals surface area contributed by atoms with Crippen LogP contribution in [0.4, 0.5) is 0 Å². The SMILES string of the molecule is O=S(=O)(c1ccccc1)c1ccc2c(c1)[C@@H](O)[C@H](Br)CCO2. The zero-order chi connectivity index (χ0) is 15.7. The predicted octanol–water partition coefficient (Wildman–Crippen LogP) is 3.10. The maximum absolute atomic E-state index is 12.7. The first kappa shape index (κ1) is 15.5. The van der Waals surface area contributed by atoms with Crippen LogP contribution in [-0.2, 0) is 9.84 Å². The molecular weight excluding hydrogens is 368 g/mol. The molecule has 1 N–H and O–H groups in total. The summed E-state index contributed by atoms with van der Waals surface area (Å²) in [6, 6.07) is 12.9.